The Morgan fingerprint density at radius 3 is 2.77 bits per heavy atom. The molecule has 1 aliphatic carbocycles. The van der Waals surface area contributed by atoms with Gasteiger partial charge in [0, 0.05) is 6.54 Å². The number of ether oxygens (including phenoxy) is 1. The highest BCUT2D eigenvalue weighted by molar-refractivity contribution is 7.99. The van der Waals surface area contributed by atoms with E-state index in [1.807, 2.05) is 24.5 Å². The first-order chi connectivity index (χ1) is 15.2. The van der Waals surface area contributed by atoms with Crippen molar-refractivity contribution < 1.29 is 9.53 Å². The third kappa shape index (κ3) is 5.43. The Morgan fingerprint density at radius 2 is 2.00 bits per heavy atom. The number of nitrogens with one attached hydrogen (secondary N) is 1. The van der Waals surface area contributed by atoms with Gasteiger partial charge in [0.05, 0.1) is 5.75 Å². The van der Waals surface area contributed by atoms with E-state index in [0.29, 0.717) is 23.4 Å². The molecule has 0 unspecified atom stereocenters. The van der Waals surface area contributed by atoms with Crippen LogP contribution in [0.2, 0.25) is 0 Å². The molecule has 1 aromatic carbocycles. The number of aryl methyl sites for hydroxylation is 3. The summed E-state index contributed by atoms with van der Waals surface area (Å²) < 4.78 is 7.99. The molecule has 4 rings (SSSR count). The number of benzene rings is 1. The molecule has 0 saturated carbocycles. The van der Waals surface area contributed by atoms with Crippen LogP contribution in [0.4, 0.5) is 5.13 Å². The number of aromatic nitrogens is 5. The van der Waals surface area contributed by atoms with Gasteiger partial charge in [0.25, 0.3) is 0 Å². The van der Waals surface area contributed by atoms with E-state index in [2.05, 4.69) is 37.8 Å². The number of amides is 1. The molecule has 0 fully saturated rings. The minimum Gasteiger partial charge on any atom is -0.486 e. The third-order valence-corrected chi connectivity index (χ3v) is 7.10. The molecule has 3 aromatic rings. The number of carbonyl (C=O) groups is 1. The molecule has 1 amide bonds. The monoisotopic (exact) mass is 458 g/mol. The highest BCUT2D eigenvalue weighted by Crippen LogP contribution is 2.26. The SMILES string of the molecule is CCc1nnc(NC(=O)CSc2nnc(COc3ccc4c(c3)CCCC4)n2CC)s1. The summed E-state index contributed by atoms with van der Waals surface area (Å²) in [5, 5.41) is 21.4. The molecule has 0 aliphatic heterocycles. The fourth-order valence-electron chi connectivity index (χ4n) is 3.53. The van der Waals surface area contributed by atoms with Gasteiger partial charge in [0.15, 0.2) is 11.0 Å². The van der Waals surface area contributed by atoms with E-state index in [1.165, 1.54) is 47.1 Å². The summed E-state index contributed by atoms with van der Waals surface area (Å²) in [4.78, 5) is 12.2. The second kappa shape index (κ2) is 10.2. The molecular formula is C21H26N6O2S2. The zero-order valence-electron chi connectivity index (χ0n) is 17.8. The highest BCUT2D eigenvalue weighted by Gasteiger charge is 2.15. The van der Waals surface area contributed by atoms with Gasteiger partial charge in [-0.2, -0.15) is 0 Å². The van der Waals surface area contributed by atoms with Gasteiger partial charge >= 0.3 is 0 Å². The van der Waals surface area contributed by atoms with Crippen molar-refractivity contribution in [2.75, 3.05) is 11.1 Å². The summed E-state index contributed by atoms with van der Waals surface area (Å²) >= 11 is 2.75. The molecule has 2 heterocycles. The lowest BCUT2D eigenvalue weighted by Crippen LogP contribution is -2.14. The Hall–Kier alpha value is -2.46. The number of thioether (sulfide) groups is 1. The van der Waals surface area contributed by atoms with Gasteiger partial charge in [-0.3, -0.25) is 10.1 Å². The summed E-state index contributed by atoms with van der Waals surface area (Å²) in [6.07, 6.45) is 5.60. The average Bonchev–Trinajstić information content (AvgIpc) is 3.42. The predicted octanol–water partition coefficient (Wildman–Crippen LogP) is 3.90. The summed E-state index contributed by atoms with van der Waals surface area (Å²) in [5.41, 5.74) is 2.83. The lowest BCUT2D eigenvalue weighted by atomic mass is 9.92. The van der Waals surface area contributed by atoms with Crippen molar-refractivity contribution in [3.63, 3.8) is 0 Å². The van der Waals surface area contributed by atoms with Crippen LogP contribution >= 0.6 is 23.1 Å². The third-order valence-electron chi connectivity index (χ3n) is 5.15. The number of fused-ring (bicyclic) bond motifs is 1. The van der Waals surface area contributed by atoms with E-state index in [-0.39, 0.29) is 11.7 Å². The minimum atomic E-state index is -0.138. The summed E-state index contributed by atoms with van der Waals surface area (Å²) in [6, 6.07) is 6.36. The van der Waals surface area contributed by atoms with Gasteiger partial charge in [0.2, 0.25) is 11.0 Å². The van der Waals surface area contributed by atoms with Gasteiger partial charge in [-0.25, -0.2) is 0 Å². The minimum absolute atomic E-state index is 0.138. The molecule has 1 aliphatic rings. The molecular weight excluding hydrogens is 432 g/mol. The van der Waals surface area contributed by atoms with Crippen LogP contribution in [0.15, 0.2) is 23.4 Å². The van der Waals surface area contributed by atoms with E-state index in [1.54, 1.807) is 0 Å². The predicted molar refractivity (Wildman–Crippen MR) is 122 cm³/mol. The molecule has 0 radical (unpaired) electrons. The molecule has 31 heavy (non-hydrogen) atoms. The zero-order chi connectivity index (χ0) is 21.6. The highest BCUT2D eigenvalue weighted by atomic mass is 32.2. The van der Waals surface area contributed by atoms with Crippen molar-refractivity contribution in [2.45, 2.75) is 64.3 Å². The average molecular weight is 459 g/mol. The van der Waals surface area contributed by atoms with Gasteiger partial charge in [-0.15, -0.1) is 20.4 Å². The van der Waals surface area contributed by atoms with Gasteiger partial charge in [-0.1, -0.05) is 36.1 Å². The Balaban J connectivity index is 1.33. The largest absolute Gasteiger partial charge is 0.486 e. The van der Waals surface area contributed by atoms with E-state index in [0.717, 1.165) is 35.8 Å². The number of nitrogens with zero attached hydrogens (tertiary/aromatic N) is 5. The first-order valence-corrected chi connectivity index (χ1v) is 12.4. The summed E-state index contributed by atoms with van der Waals surface area (Å²) in [5.74, 6) is 1.70. The summed E-state index contributed by atoms with van der Waals surface area (Å²) in [7, 11) is 0. The number of hydrogen-bond acceptors (Lipinski definition) is 8. The van der Waals surface area contributed by atoms with E-state index in [9.17, 15) is 4.79 Å². The zero-order valence-corrected chi connectivity index (χ0v) is 19.4. The molecule has 1 N–H and O–H groups in total. The summed E-state index contributed by atoms with van der Waals surface area (Å²) in [6.45, 7) is 5.09. The Kier molecular flexibility index (Phi) is 7.18. The van der Waals surface area contributed by atoms with Crippen molar-refractivity contribution in [2.24, 2.45) is 0 Å². The first kappa shape index (κ1) is 21.8. The number of hydrogen-bond donors (Lipinski definition) is 1. The van der Waals surface area contributed by atoms with E-state index >= 15 is 0 Å². The maximum absolute atomic E-state index is 12.2. The number of anilines is 1. The van der Waals surface area contributed by atoms with Gasteiger partial charge in [0.1, 0.15) is 17.4 Å². The molecule has 10 heteroatoms. The van der Waals surface area contributed by atoms with Crippen LogP contribution < -0.4 is 10.1 Å². The maximum atomic E-state index is 12.2. The fraction of sp³-hybridized carbons (Fsp3) is 0.476. The van der Waals surface area contributed by atoms with Crippen LogP contribution in [0, 0.1) is 0 Å². The molecule has 8 nitrogen and oxygen atoms in total. The van der Waals surface area contributed by atoms with Crippen LogP contribution in [0.25, 0.3) is 0 Å². The second-order valence-electron chi connectivity index (χ2n) is 7.26. The Labute approximate surface area is 189 Å². The van der Waals surface area contributed by atoms with E-state index in [4.69, 9.17) is 4.74 Å². The standard InChI is InChI=1S/C21H26N6O2S2/c1-3-19-24-25-20(31-19)22-18(28)13-30-21-26-23-17(27(21)4-2)12-29-16-10-9-14-7-5-6-8-15(14)11-16/h9-11H,3-8,12-13H2,1-2H3,(H,22,25,28). The van der Waals surface area contributed by atoms with Crippen molar-refractivity contribution in [3.05, 3.63) is 40.2 Å². The number of rotatable bonds is 9. The quantitative estimate of drug-likeness (QED) is 0.486. The molecule has 0 spiro atoms. The van der Waals surface area contributed by atoms with Crippen LogP contribution in [0.3, 0.4) is 0 Å². The molecule has 0 bridgehead atoms. The lowest BCUT2D eigenvalue weighted by molar-refractivity contribution is -0.113. The molecule has 2 aromatic heterocycles. The van der Waals surface area contributed by atoms with E-state index < -0.39 is 0 Å². The maximum Gasteiger partial charge on any atom is 0.236 e. The second-order valence-corrected chi connectivity index (χ2v) is 9.27. The Morgan fingerprint density at radius 1 is 1.16 bits per heavy atom. The van der Waals surface area contributed by atoms with Crippen molar-refractivity contribution in [1.29, 1.82) is 0 Å². The smallest absolute Gasteiger partial charge is 0.236 e. The first-order valence-electron chi connectivity index (χ1n) is 10.6. The molecule has 0 atom stereocenters. The van der Waals surface area contributed by atoms with Crippen LogP contribution in [-0.2, 0) is 37.2 Å². The van der Waals surface area contributed by atoms with Crippen LogP contribution in [-0.4, -0.2) is 36.6 Å². The number of carbonyl (C=O) groups excluding carboxylic acids is 1. The van der Waals surface area contributed by atoms with Crippen molar-refractivity contribution in [3.8, 4) is 5.75 Å². The van der Waals surface area contributed by atoms with Crippen LogP contribution in [0.1, 0.15) is 48.6 Å². The molecule has 0 saturated heterocycles. The molecule has 164 valence electrons. The fourth-order valence-corrected chi connectivity index (χ4v) is 5.05. The normalized spacial score (nSPS) is 13.1. The van der Waals surface area contributed by atoms with Gasteiger partial charge < -0.3 is 9.30 Å². The topological polar surface area (TPSA) is 94.8 Å². The van der Waals surface area contributed by atoms with Gasteiger partial charge in [-0.05, 0) is 62.3 Å². The van der Waals surface area contributed by atoms with Crippen LogP contribution in [0.5, 0.6) is 5.75 Å². The van der Waals surface area contributed by atoms with Crippen molar-refractivity contribution in [1.82, 2.24) is 25.0 Å². The lowest BCUT2D eigenvalue weighted by Gasteiger charge is -2.16. The Bertz CT molecular complexity index is 1050. The van der Waals surface area contributed by atoms with Crippen molar-refractivity contribution >= 4 is 34.1 Å².